The number of benzene rings is 6. The standard InChI is InChI=1S/2C18H15P.CO.HI.Ir/c2*1-4-10-16(11-5-1)19(17-12-6-2-7-13-17)18-14-8-3-9-15-18;1-2;;/h2*1-15H;;1H;/p-1. The predicted molar refractivity (Wildman–Crippen MR) is 174 cm³/mol. The second kappa shape index (κ2) is 20.2. The Labute approximate surface area is 283 Å². The zero-order valence-electron chi connectivity index (χ0n) is 22.8. The van der Waals surface area contributed by atoms with Gasteiger partial charge in [-0.05, 0) is 47.7 Å². The maximum absolute atomic E-state index is 7.50. The molecule has 0 saturated heterocycles. The Morgan fingerprint density at radius 1 is 0.286 bits per heavy atom. The summed E-state index contributed by atoms with van der Waals surface area (Å²) in [7, 11) is -0.892. The second-order valence-corrected chi connectivity index (χ2v) is 13.1. The number of hydrogen-bond acceptors (Lipinski definition) is 0. The van der Waals surface area contributed by atoms with E-state index in [0.717, 1.165) is 0 Å². The van der Waals surface area contributed by atoms with E-state index in [-0.39, 0.29) is 44.1 Å². The monoisotopic (exact) mass is 872 g/mol. The van der Waals surface area contributed by atoms with Crippen LogP contribution in [0.1, 0.15) is 0 Å². The van der Waals surface area contributed by atoms with Gasteiger partial charge >= 0.3 is 11.3 Å². The van der Waals surface area contributed by atoms with Gasteiger partial charge in [-0.1, -0.05) is 182 Å². The average Bonchev–Trinajstić information content (AvgIpc) is 3.06. The van der Waals surface area contributed by atoms with E-state index < -0.39 is 15.8 Å². The minimum atomic E-state index is -0.446. The summed E-state index contributed by atoms with van der Waals surface area (Å²) in [5.41, 5.74) is 0. The first-order chi connectivity index (χ1) is 19.9. The van der Waals surface area contributed by atoms with E-state index >= 15 is 0 Å². The molecule has 0 aliphatic heterocycles. The van der Waals surface area contributed by atoms with Crippen LogP contribution in [0.5, 0.6) is 0 Å². The fraction of sp³-hybridized carbons (Fsp3) is 0. The molecule has 6 rings (SSSR count). The topological polar surface area (TPSA) is 19.9 Å². The molecule has 6 aromatic rings. The van der Waals surface area contributed by atoms with Gasteiger partial charge in [0.1, 0.15) is 0 Å². The third-order valence-corrected chi connectivity index (χ3v) is 11.0. The van der Waals surface area contributed by atoms with Gasteiger partial charge in [0.25, 0.3) is 0 Å². The molecule has 0 aromatic heterocycles. The third kappa shape index (κ3) is 10.2. The summed E-state index contributed by atoms with van der Waals surface area (Å²) >= 11 is 0. The fourth-order valence-electron chi connectivity index (χ4n) is 4.36. The number of halogens is 1. The zero-order chi connectivity index (χ0) is 27.8. The van der Waals surface area contributed by atoms with Crippen LogP contribution in [0, 0.1) is 6.65 Å². The molecule has 0 bridgehead atoms. The summed E-state index contributed by atoms with van der Waals surface area (Å²) in [5, 5.41) is 8.39. The number of hydrogen-bond donors (Lipinski definition) is 0. The van der Waals surface area contributed by atoms with Crippen molar-refractivity contribution < 1.29 is 48.7 Å². The van der Waals surface area contributed by atoms with Gasteiger partial charge in [0.05, 0.1) is 0 Å². The maximum atomic E-state index is 7.50. The van der Waals surface area contributed by atoms with Gasteiger partial charge in [-0.15, -0.1) is 0 Å². The Kier molecular flexibility index (Phi) is 17.1. The van der Waals surface area contributed by atoms with Crippen LogP contribution in [0.4, 0.5) is 0 Å². The van der Waals surface area contributed by atoms with Gasteiger partial charge in [-0.25, -0.2) is 0 Å². The quantitative estimate of drug-likeness (QED) is 0.105. The van der Waals surface area contributed by atoms with Crippen molar-refractivity contribution in [1.29, 1.82) is 0 Å². The third-order valence-electron chi connectivity index (χ3n) is 6.09. The minimum Gasteiger partial charge on any atom is -1.00 e. The molecule has 1 nitrogen and oxygen atoms in total. The Balaban J connectivity index is 0.000000265. The van der Waals surface area contributed by atoms with Gasteiger partial charge in [-0.2, -0.15) is 0 Å². The summed E-state index contributed by atoms with van der Waals surface area (Å²) in [6, 6.07) is 64.7. The number of rotatable bonds is 6. The summed E-state index contributed by atoms with van der Waals surface area (Å²) < 4.78 is 7.50. The van der Waals surface area contributed by atoms with Gasteiger partial charge in [0.2, 0.25) is 0 Å². The first kappa shape index (κ1) is 35.5. The average molecular weight is 872 g/mol. The van der Waals surface area contributed by atoms with E-state index in [1.807, 2.05) is 0 Å². The second-order valence-electron chi connectivity index (χ2n) is 8.68. The predicted octanol–water partition coefficient (Wildman–Crippen LogP) is 3.85. The van der Waals surface area contributed by atoms with Crippen LogP contribution in [0.3, 0.4) is 0 Å². The van der Waals surface area contributed by atoms with Crippen LogP contribution in [0.25, 0.3) is 0 Å². The van der Waals surface area contributed by atoms with E-state index in [1.54, 1.807) is 0 Å². The summed E-state index contributed by atoms with van der Waals surface area (Å²) in [5.74, 6) is 0. The molecule has 0 spiro atoms. The molecule has 42 heavy (non-hydrogen) atoms. The molecule has 0 N–H and O–H groups in total. The van der Waals surface area contributed by atoms with Gasteiger partial charge in [0.15, 0.2) is 0 Å². The van der Waals surface area contributed by atoms with Crippen LogP contribution in [-0.4, -0.2) is 0 Å². The molecule has 0 aliphatic carbocycles. The smallest absolute Gasteiger partial charge is 0 e. The minimum absolute atomic E-state index is 0. The maximum Gasteiger partial charge on any atom is 0 e. The van der Waals surface area contributed by atoms with E-state index in [2.05, 4.69) is 189 Å². The molecular formula is C37H30IIrOP2-. The van der Waals surface area contributed by atoms with Gasteiger partial charge < -0.3 is 24.0 Å². The Bertz CT molecular complexity index is 1230. The van der Waals surface area contributed by atoms with E-state index in [1.165, 1.54) is 31.8 Å². The first-order valence-electron chi connectivity index (χ1n) is 13.0. The van der Waals surface area contributed by atoms with Crippen molar-refractivity contribution in [2.24, 2.45) is 0 Å². The molecule has 0 aliphatic rings. The Hall–Kier alpha value is -2.70. The van der Waals surface area contributed by atoms with E-state index in [0.29, 0.717) is 0 Å². The molecule has 5 heteroatoms. The summed E-state index contributed by atoms with van der Waals surface area (Å²) in [4.78, 5) is 0. The van der Waals surface area contributed by atoms with Gasteiger partial charge in [-0.3, -0.25) is 0 Å². The molecule has 1 radical (unpaired) electrons. The van der Waals surface area contributed by atoms with Crippen molar-refractivity contribution in [3.63, 3.8) is 0 Å². The normalized spacial score (nSPS) is 9.62. The van der Waals surface area contributed by atoms with Gasteiger partial charge in [0, 0.05) is 20.1 Å². The first-order valence-corrected chi connectivity index (χ1v) is 15.7. The Morgan fingerprint density at radius 3 is 0.524 bits per heavy atom. The van der Waals surface area contributed by atoms with Crippen molar-refractivity contribution in [3.8, 4) is 0 Å². The van der Waals surface area contributed by atoms with Crippen molar-refractivity contribution in [2.75, 3.05) is 0 Å². The van der Waals surface area contributed by atoms with Crippen molar-refractivity contribution in [2.45, 2.75) is 0 Å². The molecule has 0 amide bonds. The fourth-order valence-corrected chi connectivity index (χ4v) is 8.97. The summed E-state index contributed by atoms with van der Waals surface area (Å²) in [6.45, 7) is 4.50. The van der Waals surface area contributed by atoms with E-state index in [9.17, 15) is 0 Å². The Morgan fingerprint density at radius 2 is 0.405 bits per heavy atom. The summed E-state index contributed by atoms with van der Waals surface area (Å²) in [6.07, 6.45) is 0. The molecular weight excluding hydrogens is 841 g/mol. The zero-order valence-corrected chi connectivity index (χ0v) is 29.2. The van der Waals surface area contributed by atoms with Crippen molar-refractivity contribution in [1.82, 2.24) is 0 Å². The van der Waals surface area contributed by atoms with E-state index in [4.69, 9.17) is 4.65 Å². The molecule has 0 saturated carbocycles. The molecule has 6 aromatic carbocycles. The van der Waals surface area contributed by atoms with Crippen molar-refractivity contribution >= 4 is 47.7 Å². The molecule has 211 valence electrons. The SMILES string of the molecule is [C-]#[O+].[I-].[Ir].c1ccc(P(c2ccccc2)c2ccccc2)cc1.c1ccc(P(c2ccccc2)c2ccccc2)cc1. The van der Waals surface area contributed by atoms with Crippen LogP contribution in [-0.2, 0) is 24.8 Å². The van der Waals surface area contributed by atoms with Crippen LogP contribution < -0.4 is 55.8 Å². The molecule has 0 heterocycles. The molecule has 0 fully saturated rings. The molecule has 0 unspecified atom stereocenters. The van der Waals surface area contributed by atoms with Crippen LogP contribution in [0.15, 0.2) is 182 Å². The van der Waals surface area contributed by atoms with Crippen LogP contribution >= 0.6 is 15.8 Å². The molecule has 0 atom stereocenters. The van der Waals surface area contributed by atoms with Crippen molar-refractivity contribution in [3.05, 3.63) is 189 Å². The van der Waals surface area contributed by atoms with Crippen LogP contribution in [0.2, 0.25) is 0 Å². The largest absolute Gasteiger partial charge is 1.00 e.